The van der Waals surface area contributed by atoms with Crippen molar-refractivity contribution in [3.05, 3.63) is 60.3 Å². The fourth-order valence-corrected chi connectivity index (χ4v) is 4.77. The van der Waals surface area contributed by atoms with Crippen molar-refractivity contribution >= 4 is 33.0 Å². The van der Waals surface area contributed by atoms with Gasteiger partial charge in [-0.15, -0.1) is 10.5 Å². The third-order valence-electron chi connectivity index (χ3n) is 2.87. The highest BCUT2D eigenvalue weighted by Gasteiger charge is 2.19. The summed E-state index contributed by atoms with van der Waals surface area (Å²) in [5, 5.41) is 1.19. The molecule has 20 heavy (non-hydrogen) atoms. The van der Waals surface area contributed by atoms with Crippen LogP contribution in [-0.2, 0) is 0 Å². The molecule has 5 heteroatoms. The van der Waals surface area contributed by atoms with Gasteiger partial charge in [-0.25, -0.2) is 9.29 Å². The van der Waals surface area contributed by atoms with Crippen LogP contribution in [0, 0.1) is 0 Å². The van der Waals surface area contributed by atoms with Crippen LogP contribution in [0.15, 0.2) is 59.8 Å². The number of aromatic nitrogens is 1. The summed E-state index contributed by atoms with van der Waals surface area (Å²) in [6, 6.07) is 15.4. The number of hydrogen-bond donors (Lipinski definition) is 0. The van der Waals surface area contributed by atoms with E-state index in [-0.39, 0.29) is 15.6 Å². The van der Waals surface area contributed by atoms with Gasteiger partial charge in [0.15, 0.2) is 0 Å². The smallest absolute Gasteiger partial charge is 0.214 e. The first-order valence-electron chi connectivity index (χ1n) is 6.32. The molecule has 0 N–H and O–H groups in total. The van der Waals surface area contributed by atoms with E-state index in [1.807, 2.05) is 48.5 Å². The van der Waals surface area contributed by atoms with Gasteiger partial charge in [-0.2, -0.15) is 0 Å². The fourth-order valence-electron chi connectivity index (χ4n) is 1.89. The molecule has 1 aliphatic heterocycles. The largest absolute Gasteiger partial charge is 0.282 e. The minimum atomic E-state index is -0.313. The van der Waals surface area contributed by atoms with E-state index in [0.29, 0.717) is 0 Å². The molecular formula is C15H14N2OS2. The number of carbonyl (C=O) groups excluding carboxylic acids is 1. The summed E-state index contributed by atoms with van der Waals surface area (Å²) < 4.78 is 2.12. The molecule has 0 saturated carbocycles. The Hall–Kier alpha value is -1.43. The molecule has 2 heterocycles. The second-order valence-corrected chi connectivity index (χ2v) is 7.21. The molecule has 1 aliphatic rings. The average molecular weight is 302 g/mol. The molecule has 3 rings (SSSR count). The highest BCUT2D eigenvalue weighted by Crippen LogP contribution is 2.30. The molecule has 0 saturated heterocycles. The quantitative estimate of drug-likeness (QED) is 0.643. The molecular weight excluding hydrogens is 288 g/mol. The van der Waals surface area contributed by atoms with Gasteiger partial charge in [0.25, 0.3) is 0 Å². The van der Waals surface area contributed by atoms with Gasteiger partial charge in [-0.3, -0.25) is 4.79 Å². The number of rotatable bonds is 3. The van der Waals surface area contributed by atoms with Crippen molar-refractivity contribution in [2.24, 2.45) is 0 Å². The number of benzene rings is 1. The standard InChI is InChI=1S/C15H14N2OS2/c18-15(13-6-2-1-3-7-13)20-11-10-17(12-20)19-14-8-4-5-9-16-14/h1-9,12H,10-11H2. The zero-order valence-corrected chi connectivity index (χ0v) is 12.4. The van der Waals surface area contributed by atoms with Crippen molar-refractivity contribution in [1.82, 2.24) is 9.29 Å². The predicted molar refractivity (Wildman–Crippen MR) is 86.1 cm³/mol. The van der Waals surface area contributed by atoms with E-state index >= 15 is 0 Å². The van der Waals surface area contributed by atoms with E-state index in [2.05, 4.69) is 14.8 Å². The SMILES string of the molecule is O=C(c1ccccc1)S1=CN(Sc2ccccn2)CC1. The number of nitrogens with zero attached hydrogens (tertiary/aromatic N) is 2. The number of pyridine rings is 1. The summed E-state index contributed by atoms with van der Waals surface area (Å²) in [6.07, 6.45) is 1.79. The molecule has 1 aromatic heterocycles. The predicted octanol–water partition coefficient (Wildman–Crippen LogP) is 3.27. The van der Waals surface area contributed by atoms with Crippen LogP contribution in [0.3, 0.4) is 0 Å². The Labute approximate surface area is 125 Å². The maximum atomic E-state index is 12.4. The normalized spacial score (nSPS) is 18.7. The summed E-state index contributed by atoms with van der Waals surface area (Å²) in [5.74, 6) is 0.896. The third-order valence-corrected chi connectivity index (χ3v) is 5.80. The van der Waals surface area contributed by atoms with Gasteiger partial charge in [0.2, 0.25) is 5.12 Å². The molecule has 1 atom stereocenters. The minimum Gasteiger partial charge on any atom is -0.282 e. The van der Waals surface area contributed by atoms with Crippen LogP contribution in [0.5, 0.6) is 0 Å². The van der Waals surface area contributed by atoms with E-state index < -0.39 is 0 Å². The Balaban J connectivity index is 1.71. The molecule has 0 aliphatic carbocycles. The van der Waals surface area contributed by atoms with Crippen molar-refractivity contribution in [2.75, 3.05) is 12.3 Å². The molecule has 1 aromatic carbocycles. The fraction of sp³-hybridized carbons (Fsp3) is 0.133. The maximum absolute atomic E-state index is 12.4. The van der Waals surface area contributed by atoms with E-state index in [9.17, 15) is 4.79 Å². The minimum absolute atomic E-state index is 0.231. The Bertz CT molecular complexity index is 629. The van der Waals surface area contributed by atoms with Gasteiger partial charge in [0.1, 0.15) is 5.03 Å². The molecule has 2 aromatic rings. The molecule has 0 radical (unpaired) electrons. The lowest BCUT2D eigenvalue weighted by Gasteiger charge is -2.08. The van der Waals surface area contributed by atoms with Crippen LogP contribution < -0.4 is 0 Å². The lowest BCUT2D eigenvalue weighted by atomic mass is 10.2. The first-order chi connectivity index (χ1) is 9.83. The summed E-state index contributed by atoms with van der Waals surface area (Å²) >= 11 is 1.59. The van der Waals surface area contributed by atoms with Crippen molar-refractivity contribution in [1.29, 1.82) is 0 Å². The van der Waals surface area contributed by atoms with Crippen LogP contribution in [0.1, 0.15) is 10.4 Å². The molecule has 1 unspecified atom stereocenters. The molecule has 102 valence electrons. The highest BCUT2D eigenvalue weighted by atomic mass is 32.2. The monoisotopic (exact) mass is 302 g/mol. The molecule has 0 fully saturated rings. The van der Waals surface area contributed by atoms with Crippen molar-refractivity contribution in [2.45, 2.75) is 5.03 Å². The van der Waals surface area contributed by atoms with E-state index in [1.165, 1.54) is 0 Å². The summed E-state index contributed by atoms with van der Waals surface area (Å²) in [6.45, 7) is 0.892. The molecule has 0 amide bonds. The number of hydrogen-bond acceptors (Lipinski definition) is 4. The van der Waals surface area contributed by atoms with E-state index in [4.69, 9.17) is 0 Å². The Morgan fingerprint density at radius 3 is 2.70 bits per heavy atom. The molecule has 3 nitrogen and oxygen atoms in total. The van der Waals surface area contributed by atoms with Gasteiger partial charge in [-0.05, 0) is 24.1 Å². The van der Waals surface area contributed by atoms with Gasteiger partial charge in [0.05, 0.1) is 0 Å². The zero-order valence-electron chi connectivity index (χ0n) is 10.8. The molecule has 0 bridgehead atoms. The first-order valence-corrected chi connectivity index (χ1v) is 8.56. The Morgan fingerprint density at radius 1 is 1.15 bits per heavy atom. The summed E-state index contributed by atoms with van der Waals surface area (Å²) in [7, 11) is -0.313. The highest BCUT2D eigenvalue weighted by molar-refractivity contribution is 8.28. The Morgan fingerprint density at radius 2 is 1.95 bits per heavy atom. The average Bonchev–Trinajstić information content (AvgIpc) is 2.97. The van der Waals surface area contributed by atoms with Crippen molar-refractivity contribution in [3.8, 4) is 0 Å². The van der Waals surface area contributed by atoms with Gasteiger partial charge < -0.3 is 0 Å². The van der Waals surface area contributed by atoms with Gasteiger partial charge in [0, 0.05) is 29.5 Å². The lowest BCUT2D eigenvalue weighted by molar-refractivity contribution is 0.108. The lowest BCUT2D eigenvalue weighted by Crippen LogP contribution is -2.09. The van der Waals surface area contributed by atoms with Crippen LogP contribution in [0.4, 0.5) is 0 Å². The second kappa shape index (κ2) is 6.35. The maximum Gasteiger partial charge on any atom is 0.214 e. The summed E-state index contributed by atoms with van der Waals surface area (Å²) in [4.78, 5) is 16.7. The van der Waals surface area contributed by atoms with Crippen molar-refractivity contribution in [3.63, 3.8) is 0 Å². The first kappa shape index (κ1) is 13.5. The van der Waals surface area contributed by atoms with Crippen LogP contribution >= 0.6 is 22.4 Å². The van der Waals surface area contributed by atoms with E-state index in [1.54, 1.807) is 18.1 Å². The van der Waals surface area contributed by atoms with Gasteiger partial charge >= 0.3 is 0 Å². The van der Waals surface area contributed by atoms with Crippen LogP contribution in [0.25, 0.3) is 0 Å². The van der Waals surface area contributed by atoms with Crippen LogP contribution in [0.2, 0.25) is 0 Å². The topological polar surface area (TPSA) is 33.2 Å². The van der Waals surface area contributed by atoms with Crippen LogP contribution in [-0.4, -0.2) is 32.2 Å². The summed E-state index contributed by atoms with van der Waals surface area (Å²) in [5.41, 5.74) is 2.85. The second-order valence-electron chi connectivity index (χ2n) is 4.29. The molecule has 0 spiro atoms. The van der Waals surface area contributed by atoms with Gasteiger partial charge in [-0.1, -0.05) is 36.4 Å². The Kier molecular flexibility index (Phi) is 4.30. The van der Waals surface area contributed by atoms with Crippen molar-refractivity contribution < 1.29 is 4.79 Å². The third kappa shape index (κ3) is 3.17. The van der Waals surface area contributed by atoms with E-state index in [0.717, 1.165) is 22.9 Å². The number of carbonyl (C=O) groups is 1. The zero-order chi connectivity index (χ0) is 13.8.